The number of benzene rings is 1. The molecule has 1 aromatic carbocycles. The predicted octanol–water partition coefficient (Wildman–Crippen LogP) is 4.74. The highest BCUT2D eigenvalue weighted by Crippen LogP contribution is 2.23. The monoisotopic (exact) mass is 311 g/mol. The number of rotatable bonds is 5. The van der Waals surface area contributed by atoms with Gasteiger partial charge in [-0.2, -0.15) is 0 Å². The molecule has 0 radical (unpaired) electrons. The molecule has 18 heavy (non-hydrogen) atoms. The molecular weight excluding hydrogens is 293 g/mol. The van der Waals surface area contributed by atoms with E-state index < -0.39 is 0 Å². The summed E-state index contributed by atoms with van der Waals surface area (Å²) in [6, 6.07) is 5.14. The van der Waals surface area contributed by atoms with Crippen LogP contribution in [0.3, 0.4) is 0 Å². The molecule has 0 bridgehead atoms. The molecular formula is C15H19BrFN. The molecule has 0 spiro atoms. The van der Waals surface area contributed by atoms with E-state index >= 15 is 0 Å². The van der Waals surface area contributed by atoms with Crippen LogP contribution in [-0.2, 0) is 0 Å². The third kappa shape index (κ3) is 3.66. The van der Waals surface area contributed by atoms with Crippen LogP contribution >= 0.6 is 15.9 Å². The van der Waals surface area contributed by atoms with Crippen LogP contribution in [0.2, 0.25) is 0 Å². The van der Waals surface area contributed by atoms with Crippen LogP contribution in [0.4, 0.5) is 4.39 Å². The van der Waals surface area contributed by atoms with Crippen molar-refractivity contribution < 1.29 is 4.39 Å². The van der Waals surface area contributed by atoms with E-state index in [9.17, 15) is 4.39 Å². The van der Waals surface area contributed by atoms with Crippen molar-refractivity contribution in [2.45, 2.75) is 38.6 Å². The van der Waals surface area contributed by atoms with Crippen molar-refractivity contribution in [2.24, 2.45) is 0 Å². The summed E-state index contributed by atoms with van der Waals surface area (Å²) in [5, 5.41) is 3.39. The van der Waals surface area contributed by atoms with E-state index in [0.717, 1.165) is 23.0 Å². The summed E-state index contributed by atoms with van der Waals surface area (Å²) in [5.41, 5.74) is 2.27. The Labute approximate surface area is 117 Å². The molecule has 0 saturated carbocycles. The van der Waals surface area contributed by atoms with E-state index in [2.05, 4.69) is 27.3 Å². The SMILES string of the molecule is CC(NCCC1=CCCC1)c1cc(Br)ccc1F. The van der Waals surface area contributed by atoms with Crippen LogP contribution in [0.25, 0.3) is 0 Å². The van der Waals surface area contributed by atoms with Gasteiger partial charge in [0.15, 0.2) is 0 Å². The molecule has 0 aromatic heterocycles. The Hall–Kier alpha value is -0.670. The highest BCUT2D eigenvalue weighted by Gasteiger charge is 2.11. The Bertz CT molecular complexity index is 442. The minimum absolute atomic E-state index is 0.0458. The Balaban J connectivity index is 1.86. The standard InChI is InChI=1S/C15H19BrFN/c1-11(14-10-13(16)6-7-15(14)17)18-9-8-12-4-2-3-5-12/h4,6-7,10-11,18H,2-3,5,8-9H2,1H3. The van der Waals surface area contributed by atoms with Crippen molar-refractivity contribution in [3.05, 3.63) is 45.7 Å². The van der Waals surface area contributed by atoms with E-state index in [0.29, 0.717) is 0 Å². The van der Waals surface area contributed by atoms with Crippen LogP contribution in [0.1, 0.15) is 44.2 Å². The molecule has 0 heterocycles. The Morgan fingerprint density at radius 3 is 3.00 bits per heavy atom. The van der Waals surface area contributed by atoms with Crippen molar-refractivity contribution in [3.8, 4) is 0 Å². The molecule has 0 aliphatic heterocycles. The van der Waals surface area contributed by atoms with Gasteiger partial charge in [0.1, 0.15) is 5.82 Å². The van der Waals surface area contributed by atoms with Gasteiger partial charge in [-0.15, -0.1) is 0 Å². The van der Waals surface area contributed by atoms with E-state index in [1.165, 1.54) is 25.3 Å². The first-order chi connectivity index (χ1) is 8.66. The van der Waals surface area contributed by atoms with Crippen molar-refractivity contribution in [3.63, 3.8) is 0 Å². The van der Waals surface area contributed by atoms with Gasteiger partial charge in [0.2, 0.25) is 0 Å². The van der Waals surface area contributed by atoms with Crippen molar-refractivity contribution in [2.75, 3.05) is 6.54 Å². The molecule has 1 aliphatic rings. The molecule has 2 rings (SSSR count). The maximum absolute atomic E-state index is 13.7. The van der Waals surface area contributed by atoms with Gasteiger partial charge in [-0.3, -0.25) is 0 Å². The summed E-state index contributed by atoms with van der Waals surface area (Å²) in [6.07, 6.45) is 7.18. The zero-order valence-corrected chi connectivity index (χ0v) is 12.3. The molecule has 1 nitrogen and oxygen atoms in total. The largest absolute Gasteiger partial charge is 0.310 e. The van der Waals surface area contributed by atoms with Crippen LogP contribution in [0.5, 0.6) is 0 Å². The zero-order chi connectivity index (χ0) is 13.0. The first-order valence-electron chi connectivity index (χ1n) is 6.53. The van der Waals surface area contributed by atoms with E-state index in [4.69, 9.17) is 0 Å². The lowest BCUT2D eigenvalue weighted by Gasteiger charge is -2.15. The summed E-state index contributed by atoms with van der Waals surface area (Å²) < 4.78 is 14.6. The topological polar surface area (TPSA) is 12.0 Å². The summed E-state index contributed by atoms with van der Waals surface area (Å²) in [5.74, 6) is -0.140. The van der Waals surface area contributed by atoms with Gasteiger partial charge in [-0.1, -0.05) is 27.6 Å². The van der Waals surface area contributed by atoms with Crippen LogP contribution < -0.4 is 5.32 Å². The number of nitrogens with one attached hydrogen (secondary N) is 1. The summed E-state index contributed by atoms with van der Waals surface area (Å²) in [7, 11) is 0. The van der Waals surface area contributed by atoms with Gasteiger partial charge >= 0.3 is 0 Å². The van der Waals surface area contributed by atoms with Crippen LogP contribution in [-0.4, -0.2) is 6.54 Å². The number of hydrogen-bond donors (Lipinski definition) is 1. The Morgan fingerprint density at radius 2 is 2.28 bits per heavy atom. The molecule has 98 valence electrons. The smallest absolute Gasteiger partial charge is 0.128 e. The van der Waals surface area contributed by atoms with Gasteiger partial charge in [0.05, 0.1) is 0 Å². The molecule has 1 unspecified atom stereocenters. The Morgan fingerprint density at radius 1 is 1.44 bits per heavy atom. The zero-order valence-electron chi connectivity index (χ0n) is 10.7. The lowest BCUT2D eigenvalue weighted by molar-refractivity contribution is 0.528. The second kappa shape index (κ2) is 6.48. The molecule has 1 aromatic rings. The third-order valence-corrected chi connectivity index (χ3v) is 3.95. The molecule has 3 heteroatoms. The molecule has 1 N–H and O–H groups in total. The van der Waals surface area contributed by atoms with Crippen LogP contribution in [0.15, 0.2) is 34.3 Å². The van der Waals surface area contributed by atoms with Gasteiger partial charge in [-0.05, 0) is 57.4 Å². The molecule has 0 amide bonds. The van der Waals surface area contributed by atoms with Crippen LogP contribution in [0, 0.1) is 5.82 Å². The summed E-state index contributed by atoms with van der Waals surface area (Å²) >= 11 is 3.38. The fourth-order valence-corrected chi connectivity index (χ4v) is 2.75. The van der Waals surface area contributed by atoms with Crippen molar-refractivity contribution in [1.29, 1.82) is 0 Å². The highest BCUT2D eigenvalue weighted by atomic mass is 79.9. The van der Waals surface area contributed by atoms with Crippen molar-refractivity contribution >= 4 is 15.9 Å². The van der Waals surface area contributed by atoms with Gasteiger partial charge in [-0.25, -0.2) is 4.39 Å². The molecule has 0 fully saturated rings. The minimum Gasteiger partial charge on any atom is -0.310 e. The maximum Gasteiger partial charge on any atom is 0.128 e. The second-order valence-corrected chi connectivity index (χ2v) is 5.76. The normalized spacial score (nSPS) is 16.7. The lowest BCUT2D eigenvalue weighted by atomic mass is 10.1. The third-order valence-electron chi connectivity index (χ3n) is 3.46. The molecule has 1 aliphatic carbocycles. The van der Waals surface area contributed by atoms with E-state index in [1.54, 1.807) is 11.6 Å². The first kappa shape index (κ1) is 13.8. The minimum atomic E-state index is -0.140. The summed E-state index contributed by atoms with van der Waals surface area (Å²) in [6.45, 7) is 2.92. The van der Waals surface area contributed by atoms with Gasteiger partial charge < -0.3 is 5.32 Å². The number of halogens is 2. The maximum atomic E-state index is 13.7. The fourth-order valence-electron chi connectivity index (χ4n) is 2.37. The van der Waals surface area contributed by atoms with E-state index in [1.807, 2.05) is 13.0 Å². The average molecular weight is 312 g/mol. The molecule has 0 saturated heterocycles. The van der Waals surface area contributed by atoms with Gasteiger partial charge in [0.25, 0.3) is 0 Å². The number of allylic oxidation sites excluding steroid dienone is 1. The summed E-state index contributed by atoms with van der Waals surface area (Å²) in [4.78, 5) is 0. The first-order valence-corrected chi connectivity index (χ1v) is 7.32. The predicted molar refractivity (Wildman–Crippen MR) is 77.1 cm³/mol. The quantitative estimate of drug-likeness (QED) is 0.774. The van der Waals surface area contributed by atoms with E-state index in [-0.39, 0.29) is 11.9 Å². The van der Waals surface area contributed by atoms with Gasteiger partial charge in [0, 0.05) is 16.1 Å². The van der Waals surface area contributed by atoms with Crippen molar-refractivity contribution in [1.82, 2.24) is 5.32 Å². The fraction of sp³-hybridized carbons (Fsp3) is 0.467. The average Bonchev–Trinajstić information content (AvgIpc) is 2.85. The number of hydrogen-bond acceptors (Lipinski definition) is 1. The lowest BCUT2D eigenvalue weighted by Crippen LogP contribution is -2.21. The molecule has 1 atom stereocenters. The highest BCUT2D eigenvalue weighted by molar-refractivity contribution is 9.10. The second-order valence-electron chi connectivity index (χ2n) is 4.85. The Kier molecular flexibility index (Phi) is 4.95.